The molecule has 12 heteroatoms. The predicted octanol–water partition coefficient (Wildman–Crippen LogP) is 2.68. The zero-order valence-electron chi connectivity index (χ0n) is 14.2. The average Bonchev–Trinajstić information content (AvgIpc) is 3.12. The number of rotatable bonds is 6. The molecule has 1 amide bonds. The highest BCUT2D eigenvalue weighted by atomic mass is 127. The Kier molecular flexibility index (Phi) is 6.04. The number of carbonyl (C=O) groups is 1. The van der Waals surface area contributed by atoms with E-state index in [4.69, 9.17) is 9.94 Å². The van der Waals surface area contributed by atoms with Crippen LogP contribution in [0, 0.1) is 15.2 Å². The Balaban J connectivity index is 2.03. The fraction of sp³-hybridized carbons (Fsp3) is 0.188. The molecule has 0 saturated heterocycles. The van der Waals surface area contributed by atoms with Gasteiger partial charge in [0.2, 0.25) is 5.79 Å². The molecule has 1 aromatic heterocycles. The van der Waals surface area contributed by atoms with Crippen LogP contribution in [0.1, 0.15) is 17.3 Å². The summed E-state index contributed by atoms with van der Waals surface area (Å²) in [5.41, 5.74) is 1.22. The van der Waals surface area contributed by atoms with Crippen LogP contribution < -0.4 is 10.8 Å². The van der Waals surface area contributed by atoms with Gasteiger partial charge < -0.3 is 15.5 Å². The van der Waals surface area contributed by atoms with Crippen molar-refractivity contribution >= 4 is 61.6 Å². The number of carbonyl (C=O) groups excluding carboxylic acids is 1. The van der Waals surface area contributed by atoms with Gasteiger partial charge in [-0.1, -0.05) is 4.49 Å². The van der Waals surface area contributed by atoms with Crippen molar-refractivity contribution in [2.45, 2.75) is 12.7 Å². The number of aliphatic hydroxyl groups excluding tert-OH is 1. The first-order chi connectivity index (χ1) is 13.2. The van der Waals surface area contributed by atoms with Crippen LogP contribution in [0.3, 0.4) is 0 Å². The number of fused-ring (bicyclic) bond motifs is 1. The molecule has 0 saturated carbocycles. The van der Waals surface area contributed by atoms with Crippen LogP contribution in [0.5, 0.6) is 0 Å². The lowest BCUT2D eigenvalue weighted by molar-refractivity contribution is -0.235. The zero-order valence-corrected chi connectivity index (χ0v) is 17.1. The minimum absolute atomic E-state index is 0.0563. The third kappa shape index (κ3) is 4.35. The van der Waals surface area contributed by atoms with E-state index in [9.17, 15) is 18.7 Å². The van der Waals surface area contributed by atoms with Crippen molar-refractivity contribution in [1.29, 1.82) is 0 Å². The fourth-order valence-corrected chi connectivity index (χ4v) is 3.21. The minimum Gasteiger partial charge on any atom is -0.391 e. The largest absolute Gasteiger partial charge is 0.391 e. The van der Waals surface area contributed by atoms with Gasteiger partial charge in [-0.25, -0.2) is 19.1 Å². The Hall–Kier alpha value is -2.00. The number of nitrogens with one attached hydrogen (secondary N) is 2. The Morgan fingerprint density at radius 2 is 2.14 bits per heavy atom. The van der Waals surface area contributed by atoms with Gasteiger partial charge in [-0.15, -0.1) is 5.10 Å². The summed E-state index contributed by atoms with van der Waals surface area (Å²) in [5, 5.41) is 24.9. The first kappa shape index (κ1) is 20.7. The minimum atomic E-state index is -2.04. The molecular formula is C16H13F2IN4O4S. The Bertz CT molecular complexity index is 1050. The van der Waals surface area contributed by atoms with E-state index >= 15 is 0 Å². The lowest BCUT2D eigenvalue weighted by Crippen LogP contribution is -2.41. The standard InChI is InChI=1S/C16H13F2IN4O4S/c1-16(26,6-24)27-22-15(25)8-5-11-14(21-23-28-11)12(18)13(8)20-10-3-2-7(19)4-9(10)17/h2-5,20,24,26H,6H2,1H3,(H,22,25). The summed E-state index contributed by atoms with van der Waals surface area (Å²) in [6.07, 6.45) is 0. The van der Waals surface area contributed by atoms with Crippen LogP contribution in [-0.2, 0) is 4.84 Å². The van der Waals surface area contributed by atoms with Gasteiger partial charge in [0.15, 0.2) is 5.82 Å². The molecule has 3 rings (SSSR count). The van der Waals surface area contributed by atoms with Crippen molar-refractivity contribution in [1.82, 2.24) is 15.1 Å². The number of aliphatic hydroxyl groups is 2. The van der Waals surface area contributed by atoms with Crippen LogP contribution >= 0.6 is 34.1 Å². The maximum absolute atomic E-state index is 15.0. The van der Waals surface area contributed by atoms with Crippen LogP contribution in [0.15, 0.2) is 24.3 Å². The third-order valence-corrected chi connectivity index (χ3v) is 4.92. The topological polar surface area (TPSA) is 117 Å². The molecule has 0 aliphatic rings. The number of hydrogen-bond donors (Lipinski definition) is 4. The van der Waals surface area contributed by atoms with E-state index in [1.807, 2.05) is 28.1 Å². The molecule has 1 unspecified atom stereocenters. The smallest absolute Gasteiger partial charge is 0.277 e. The highest BCUT2D eigenvalue weighted by Crippen LogP contribution is 2.32. The van der Waals surface area contributed by atoms with Gasteiger partial charge in [-0.3, -0.25) is 4.79 Å². The van der Waals surface area contributed by atoms with Gasteiger partial charge >= 0.3 is 0 Å². The maximum atomic E-state index is 15.0. The van der Waals surface area contributed by atoms with Gasteiger partial charge in [-0.05, 0) is 65.3 Å². The molecule has 1 atom stereocenters. The summed E-state index contributed by atoms with van der Waals surface area (Å²) in [5.74, 6) is -4.52. The van der Waals surface area contributed by atoms with Crippen LogP contribution in [0.25, 0.3) is 10.2 Å². The summed E-state index contributed by atoms with van der Waals surface area (Å²) in [6.45, 7) is 0.322. The van der Waals surface area contributed by atoms with Gasteiger partial charge in [0.1, 0.15) is 11.3 Å². The molecule has 0 fully saturated rings. The first-order valence-electron chi connectivity index (χ1n) is 7.70. The van der Waals surface area contributed by atoms with E-state index in [-0.39, 0.29) is 27.2 Å². The van der Waals surface area contributed by atoms with E-state index in [0.29, 0.717) is 3.57 Å². The van der Waals surface area contributed by atoms with E-state index in [2.05, 4.69) is 14.9 Å². The van der Waals surface area contributed by atoms with Crippen molar-refractivity contribution in [3.05, 3.63) is 45.0 Å². The molecular weight excluding hydrogens is 509 g/mol. The van der Waals surface area contributed by atoms with E-state index in [1.54, 1.807) is 6.07 Å². The Labute approximate surface area is 174 Å². The molecule has 3 aromatic rings. The maximum Gasteiger partial charge on any atom is 0.277 e. The number of halogens is 3. The number of anilines is 2. The molecule has 4 N–H and O–H groups in total. The van der Waals surface area contributed by atoms with Crippen LogP contribution in [0.4, 0.5) is 20.2 Å². The second kappa shape index (κ2) is 8.16. The molecule has 1 heterocycles. The number of benzene rings is 2. The van der Waals surface area contributed by atoms with E-state index in [0.717, 1.165) is 18.5 Å². The number of aromatic nitrogens is 2. The van der Waals surface area contributed by atoms with E-state index in [1.165, 1.54) is 18.2 Å². The highest BCUT2D eigenvalue weighted by Gasteiger charge is 2.25. The number of nitrogens with zero attached hydrogens (tertiary/aromatic N) is 2. The van der Waals surface area contributed by atoms with Crippen molar-refractivity contribution in [3.63, 3.8) is 0 Å². The summed E-state index contributed by atoms with van der Waals surface area (Å²) in [7, 11) is 0. The summed E-state index contributed by atoms with van der Waals surface area (Å²) in [4.78, 5) is 17.2. The molecule has 148 valence electrons. The van der Waals surface area contributed by atoms with Crippen molar-refractivity contribution in [2.24, 2.45) is 0 Å². The summed E-state index contributed by atoms with van der Waals surface area (Å²) >= 11 is 2.79. The average molecular weight is 522 g/mol. The second-order valence-electron chi connectivity index (χ2n) is 5.85. The zero-order chi connectivity index (χ0) is 20.5. The molecule has 2 aromatic carbocycles. The normalized spacial score (nSPS) is 13.4. The highest BCUT2D eigenvalue weighted by molar-refractivity contribution is 14.1. The number of amides is 1. The Morgan fingerprint density at radius 3 is 2.82 bits per heavy atom. The van der Waals surface area contributed by atoms with E-state index < -0.39 is 29.9 Å². The lowest BCUT2D eigenvalue weighted by Gasteiger charge is -2.21. The Morgan fingerprint density at radius 1 is 1.39 bits per heavy atom. The van der Waals surface area contributed by atoms with Gasteiger partial charge in [0.05, 0.1) is 28.2 Å². The van der Waals surface area contributed by atoms with Crippen LogP contribution in [-0.4, -0.2) is 38.1 Å². The van der Waals surface area contributed by atoms with Crippen molar-refractivity contribution in [2.75, 3.05) is 11.9 Å². The lowest BCUT2D eigenvalue weighted by atomic mass is 10.1. The predicted molar refractivity (Wildman–Crippen MR) is 106 cm³/mol. The molecule has 0 aliphatic heterocycles. The fourth-order valence-electron chi connectivity index (χ4n) is 2.15. The first-order valence-corrected chi connectivity index (χ1v) is 9.55. The van der Waals surface area contributed by atoms with Crippen molar-refractivity contribution in [3.8, 4) is 0 Å². The van der Waals surface area contributed by atoms with Gasteiger partial charge in [0, 0.05) is 3.57 Å². The molecule has 0 aliphatic carbocycles. The molecule has 0 radical (unpaired) electrons. The van der Waals surface area contributed by atoms with Crippen LogP contribution in [0.2, 0.25) is 0 Å². The summed E-state index contributed by atoms with van der Waals surface area (Å²) < 4.78 is 33.7. The molecule has 0 bridgehead atoms. The number of hydroxylamine groups is 1. The third-order valence-electron chi connectivity index (χ3n) is 3.58. The monoisotopic (exact) mass is 522 g/mol. The van der Waals surface area contributed by atoms with Crippen molar-refractivity contribution < 1.29 is 28.6 Å². The molecule has 28 heavy (non-hydrogen) atoms. The molecule has 8 nitrogen and oxygen atoms in total. The molecule has 0 spiro atoms. The van der Waals surface area contributed by atoms with Gasteiger partial charge in [0.25, 0.3) is 5.91 Å². The summed E-state index contributed by atoms with van der Waals surface area (Å²) in [6, 6.07) is 5.55. The number of hydrogen-bond acceptors (Lipinski definition) is 8. The van der Waals surface area contributed by atoms with Gasteiger partial charge in [-0.2, -0.15) is 0 Å². The quantitative estimate of drug-likeness (QED) is 0.224. The SMILES string of the molecule is CC(O)(CO)ONC(=O)c1cc2snnc2c(F)c1Nc1ccc(I)cc1F. The second-order valence-corrected chi connectivity index (χ2v) is 7.88.